The predicted octanol–water partition coefficient (Wildman–Crippen LogP) is -0.279. The van der Waals surface area contributed by atoms with Crippen LogP contribution in [0.3, 0.4) is 0 Å². The van der Waals surface area contributed by atoms with Crippen molar-refractivity contribution in [1.82, 2.24) is 31.3 Å². The second-order valence-corrected chi connectivity index (χ2v) is 8.21. The van der Waals surface area contributed by atoms with E-state index in [-0.39, 0.29) is 0 Å². The Bertz CT molecular complexity index is 620. The van der Waals surface area contributed by atoms with Gasteiger partial charge in [-0.15, -0.1) is 0 Å². The third-order valence-electron chi connectivity index (χ3n) is 5.03. The second-order valence-electron chi connectivity index (χ2n) is 7.39. The lowest BCUT2D eigenvalue weighted by Gasteiger charge is -2.26. The minimum atomic E-state index is 0.492. The van der Waals surface area contributed by atoms with E-state index >= 15 is 0 Å². The van der Waals surface area contributed by atoms with Gasteiger partial charge in [-0.2, -0.15) is 10.2 Å². The summed E-state index contributed by atoms with van der Waals surface area (Å²) in [5.41, 5.74) is 7.16. The molecule has 176 valence electrons. The topological polar surface area (TPSA) is 97.8 Å². The van der Waals surface area contributed by atoms with Crippen molar-refractivity contribution in [2.24, 2.45) is 10.2 Å². The van der Waals surface area contributed by atoms with Gasteiger partial charge in [0.1, 0.15) is 0 Å². The first-order valence-corrected chi connectivity index (χ1v) is 11.6. The lowest BCUT2D eigenvalue weighted by Crippen LogP contribution is -2.43. The highest BCUT2D eigenvalue weighted by Gasteiger charge is 2.10. The van der Waals surface area contributed by atoms with E-state index in [1.165, 1.54) is 0 Å². The molecule has 2 aliphatic rings. The molecular formula is C19H36N8O2S2. The van der Waals surface area contributed by atoms with Crippen molar-refractivity contribution < 1.29 is 9.47 Å². The number of ether oxygens (including phenoxy) is 2. The van der Waals surface area contributed by atoms with E-state index in [2.05, 4.69) is 41.5 Å². The Balaban J connectivity index is 1.55. The van der Waals surface area contributed by atoms with E-state index in [9.17, 15) is 0 Å². The van der Waals surface area contributed by atoms with Crippen LogP contribution in [0.2, 0.25) is 0 Å². The summed E-state index contributed by atoms with van der Waals surface area (Å²) in [6, 6.07) is 0. The molecule has 4 N–H and O–H groups in total. The molecule has 0 unspecified atom stereocenters. The number of hydrazone groups is 2. The van der Waals surface area contributed by atoms with Crippen molar-refractivity contribution in [3.05, 3.63) is 0 Å². The first-order valence-electron chi connectivity index (χ1n) is 10.8. The van der Waals surface area contributed by atoms with Crippen molar-refractivity contribution >= 4 is 46.1 Å². The second kappa shape index (κ2) is 15.4. The Hall–Kier alpha value is -1.44. The normalized spacial score (nSPS) is 19.0. The van der Waals surface area contributed by atoms with Crippen molar-refractivity contribution in [1.29, 1.82) is 0 Å². The smallest absolute Gasteiger partial charge is 0.187 e. The van der Waals surface area contributed by atoms with Gasteiger partial charge in [-0.05, 0) is 51.2 Å². The lowest BCUT2D eigenvalue weighted by atomic mass is 10.3. The third-order valence-corrected chi connectivity index (χ3v) is 5.50. The third kappa shape index (κ3) is 11.7. The molecule has 0 spiro atoms. The van der Waals surface area contributed by atoms with Crippen LogP contribution in [0.15, 0.2) is 10.2 Å². The fraction of sp³-hybridized carbons (Fsp3) is 0.789. The Morgan fingerprint density at radius 3 is 1.71 bits per heavy atom. The molecule has 10 nitrogen and oxygen atoms in total. The number of morpholine rings is 2. The fourth-order valence-corrected chi connectivity index (χ4v) is 3.29. The molecular weight excluding hydrogens is 436 g/mol. The molecule has 2 fully saturated rings. The standard InChI is InChI=1S/C19H36N8O2S2/c1-16(22-24-18(30)20-4-3-6-26-8-12-28-13-9-26)17(2)23-25-19(31)21-5-7-27-10-14-29-15-11-27/h3-15H2,1-2H3,(H2,20,24,30)(H2,21,25,31)/b22-16+,23-17+. The van der Waals surface area contributed by atoms with E-state index in [4.69, 9.17) is 33.9 Å². The van der Waals surface area contributed by atoms with Crippen molar-refractivity contribution in [2.45, 2.75) is 20.3 Å². The van der Waals surface area contributed by atoms with Crippen LogP contribution in [0, 0.1) is 0 Å². The van der Waals surface area contributed by atoms with Gasteiger partial charge in [-0.25, -0.2) is 0 Å². The van der Waals surface area contributed by atoms with Crippen LogP contribution in [0.4, 0.5) is 0 Å². The number of nitrogens with zero attached hydrogens (tertiary/aromatic N) is 4. The zero-order valence-electron chi connectivity index (χ0n) is 18.6. The quantitative estimate of drug-likeness (QED) is 0.147. The van der Waals surface area contributed by atoms with Crippen LogP contribution in [-0.4, -0.2) is 110 Å². The van der Waals surface area contributed by atoms with E-state index in [0.717, 1.165) is 96.6 Å². The van der Waals surface area contributed by atoms with Crippen LogP contribution < -0.4 is 21.5 Å². The number of thiocarbonyl (C=S) groups is 2. The minimum Gasteiger partial charge on any atom is -0.379 e. The molecule has 0 atom stereocenters. The molecule has 0 bridgehead atoms. The molecule has 0 radical (unpaired) electrons. The highest BCUT2D eigenvalue weighted by atomic mass is 32.1. The van der Waals surface area contributed by atoms with Gasteiger partial charge in [-0.3, -0.25) is 20.7 Å². The molecule has 2 aliphatic heterocycles. The van der Waals surface area contributed by atoms with Gasteiger partial charge >= 0.3 is 0 Å². The highest BCUT2D eigenvalue weighted by Crippen LogP contribution is 1.97. The molecule has 2 heterocycles. The molecule has 12 heteroatoms. The summed E-state index contributed by atoms with van der Waals surface area (Å²) in [5, 5.41) is 15.9. The van der Waals surface area contributed by atoms with Gasteiger partial charge < -0.3 is 20.1 Å². The molecule has 0 aromatic carbocycles. The van der Waals surface area contributed by atoms with Gasteiger partial charge in [0.15, 0.2) is 10.2 Å². The van der Waals surface area contributed by atoms with Crippen molar-refractivity contribution in [3.8, 4) is 0 Å². The Morgan fingerprint density at radius 2 is 1.19 bits per heavy atom. The molecule has 0 aliphatic carbocycles. The summed E-state index contributed by atoms with van der Waals surface area (Å²) in [7, 11) is 0. The highest BCUT2D eigenvalue weighted by molar-refractivity contribution is 7.80. The largest absolute Gasteiger partial charge is 0.379 e. The first kappa shape index (κ1) is 25.8. The molecule has 2 saturated heterocycles. The number of hydrogen-bond acceptors (Lipinski definition) is 8. The van der Waals surface area contributed by atoms with Gasteiger partial charge in [-0.1, -0.05) is 0 Å². The van der Waals surface area contributed by atoms with E-state index in [1.54, 1.807) is 0 Å². The predicted molar refractivity (Wildman–Crippen MR) is 133 cm³/mol. The van der Waals surface area contributed by atoms with Crippen molar-refractivity contribution in [2.75, 3.05) is 78.8 Å². The summed E-state index contributed by atoms with van der Waals surface area (Å²) in [4.78, 5) is 4.74. The minimum absolute atomic E-state index is 0.492. The summed E-state index contributed by atoms with van der Waals surface area (Å²) < 4.78 is 10.7. The van der Waals surface area contributed by atoms with Gasteiger partial charge in [0.25, 0.3) is 0 Å². The maximum atomic E-state index is 5.36. The molecule has 2 rings (SSSR count). The molecule has 31 heavy (non-hydrogen) atoms. The molecule has 0 amide bonds. The zero-order chi connectivity index (χ0) is 22.3. The van der Waals surface area contributed by atoms with Crippen molar-refractivity contribution in [3.63, 3.8) is 0 Å². The summed E-state index contributed by atoms with van der Waals surface area (Å²) in [6.07, 6.45) is 1.02. The van der Waals surface area contributed by atoms with Crippen LogP contribution >= 0.6 is 24.4 Å². The SMILES string of the molecule is CC(=N\NC(=S)NCCCN1CCOCC1)/C(C)=N/NC(=S)NCCN1CCOCC1. The first-order chi connectivity index (χ1) is 15.0. The van der Waals surface area contributed by atoms with Crippen LogP contribution in [-0.2, 0) is 9.47 Å². The summed E-state index contributed by atoms with van der Waals surface area (Å²) in [5.74, 6) is 0. The van der Waals surface area contributed by atoms with E-state index < -0.39 is 0 Å². The number of hydrogen-bond donors (Lipinski definition) is 4. The number of rotatable bonds is 10. The van der Waals surface area contributed by atoms with E-state index in [1.807, 2.05) is 13.8 Å². The summed E-state index contributed by atoms with van der Waals surface area (Å²) in [6.45, 7) is 14.4. The van der Waals surface area contributed by atoms with Gasteiger partial charge in [0.2, 0.25) is 0 Å². The van der Waals surface area contributed by atoms with E-state index in [0.29, 0.717) is 10.2 Å². The molecule has 0 aromatic heterocycles. The average molecular weight is 473 g/mol. The molecule has 0 aromatic rings. The summed E-state index contributed by atoms with van der Waals surface area (Å²) >= 11 is 10.5. The van der Waals surface area contributed by atoms with Gasteiger partial charge in [0.05, 0.1) is 37.9 Å². The average Bonchev–Trinajstić information content (AvgIpc) is 2.80. The lowest BCUT2D eigenvalue weighted by molar-refractivity contribution is 0.0376. The fourth-order valence-electron chi connectivity index (χ4n) is 2.99. The Morgan fingerprint density at radius 1 is 0.742 bits per heavy atom. The number of nitrogens with one attached hydrogen (secondary N) is 4. The van der Waals surface area contributed by atoms with Crippen LogP contribution in [0.5, 0.6) is 0 Å². The molecule has 0 saturated carbocycles. The van der Waals surface area contributed by atoms with Gasteiger partial charge in [0, 0.05) is 45.8 Å². The Labute approximate surface area is 196 Å². The van der Waals surface area contributed by atoms with Crippen LogP contribution in [0.25, 0.3) is 0 Å². The zero-order valence-corrected chi connectivity index (χ0v) is 20.2. The Kier molecular flexibility index (Phi) is 12.8. The maximum Gasteiger partial charge on any atom is 0.187 e. The maximum absolute atomic E-state index is 5.36. The van der Waals surface area contributed by atoms with Crippen LogP contribution in [0.1, 0.15) is 20.3 Å². The monoisotopic (exact) mass is 472 g/mol.